The molecule has 1 aliphatic carbocycles. The van der Waals surface area contributed by atoms with Crippen molar-refractivity contribution in [2.24, 2.45) is 11.8 Å². The molecule has 0 aromatic heterocycles. The van der Waals surface area contributed by atoms with Crippen LogP contribution in [0.3, 0.4) is 0 Å². The number of carbonyl (C=O) groups is 3. The van der Waals surface area contributed by atoms with Crippen LogP contribution in [0, 0.1) is 11.8 Å². The van der Waals surface area contributed by atoms with E-state index in [4.69, 9.17) is 5.11 Å². The summed E-state index contributed by atoms with van der Waals surface area (Å²) in [5.41, 5.74) is 0. The molecule has 0 aromatic carbocycles. The van der Waals surface area contributed by atoms with Gasteiger partial charge in [-0.15, -0.1) is 0 Å². The van der Waals surface area contributed by atoms with Gasteiger partial charge in [0.2, 0.25) is 0 Å². The zero-order valence-electron chi connectivity index (χ0n) is 15.5. The van der Waals surface area contributed by atoms with E-state index in [2.05, 4.69) is 0 Å². The van der Waals surface area contributed by atoms with Gasteiger partial charge in [0.1, 0.15) is 17.7 Å². The normalized spacial score (nSPS) is 24.3. The number of Topliss-reactive ketones (excluding diaryl/α,β-unsaturated/α-hetero) is 2. The fourth-order valence-electron chi connectivity index (χ4n) is 3.52. The van der Waals surface area contributed by atoms with Gasteiger partial charge < -0.3 is 10.2 Å². The lowest BCUT2D eigenvalue weighted by molar-refractivity contribution is -0.137. The molecular formula is C20H31FO5. The Bertz CT molecular complexity index is 502. The monoisotopic (exact) mass is 370 g/mol. The summed E-state index contributed by atoms with van der Waals surface area (Å²) in [6, 6.07) is 0. The van der Waals surface area contributed by atoms with Crippen LogP contribution in [0.2, 0.25) is 0 Å². The van der Waals surface area contributed by atoms with Gasteiger partial charge in [-0.1, -0.05) is 31.9 Å². The Kier molecular flexibility index (Phi) is 10.3. The molecule has 0 aliphatic heterocycles. The van der Waals surface area contributed by atoms with E-state index in [0.29, 0.717) is 25.7 Å². The molecule has 26 heavy (non-hydrogen) atoms. The number of aliphatic hydroxyl groups excluding tert-OH is 1. The minimum absolute atomic E-state index is 0.0629. The van der Waals surface area contributed by atoms with Crippen molar-refractivity contribution in [3.63, 3.8) is 0 Å². The van der Waals surface area contributed by atoms with Crippen molar-refractivity contribution in [3.8, 4) is 0 Å². The van der Waals surface area contributed by atoms with Gasteiger partial charge in [-0.3, -0.25) is 14.4 Å². The highest BCUT2D eigenvalue weighted by molar-refractivity contribution is 5.85. The van der Waals surface area contributed by atoms with E-state index in [1.165, 1.54) is 0 Å². The molecule has 4 unspecified atom stereocenters. The van der Waals surface area contributed by atoms with E-state index in [0.717, 1.165) is 19.3 Å². The third kappa shape index (κ3) is 7.77. The summed E-state index contributed by atoms with van der Waals surface area (Å²) in [5.74, 6) is -2.61. The molecule has 1 fully saturated rings. The molecule has 0 spiro atoms. The molecule has 0 saturated heterocycles. The number of aliphatic carboxylic acids is 1. The van der Waals surface area contributed by atoms with E-state index in [-0.39, 0.29) is 30.8 Å². The third-order valence-corrected chi connectivity index (χ3v) is 4.95. The number of rotatable bonds is 13. The van der Waals surface area contributed by atoms with Crippen molar-refractivity contribution in [2.45, 2.75) is 83.4 Å². The average molecular weight is 370 g/mol. The molecule has 0 radical (unpaired) electrons. The first-order valence-corrected chi connectivity index (χ1v) is 9.60. The number of alkyl halides is 1. The molecule has 5 nitrogen and oxygen atoms in total. The number of aliphatic hydroxyl groups is 1. The number of halogens is 1. The predicted molar refractivity (Wildman–Crippen MR) is 96.5 cm³/mol. The number of carboxylic acids is 1. The number of allylic oxidation sites excluding steroid dienone is 2. The number of carboxylic acid groups (broad SMARTS) is 1. The van der Waals surface area contributed by atoms with Crippen molar-refractivity contribution in [2.75, 3.05) is 0 Å². The van der Waals surface area contributed by atoms with E-state index in [1.807, 2.05) is 6.92 Å². The summed E-state index contributed by atoms with van der Waals surface area (Å²) in [5, 5.41) is 18.6. The van der Waals surface area contributed by atoms with E-state index >= 15 is 0 Å². The van der Waals surface area contributed by atoms with Crippen molar-refractivity contribution in [1.29, 1.82) is 0 Å². The fraction of sp³-hybridized carbons (Fsp3) is 0.750. The van der Waals surface area contributed by atoms with Gasteiger partial charge >= 0.3 is 5.97 Å². The molecule has 1 rings (SSSR count). The second-order valence-corrected chi connectivity index (χ2v) is 7.13. The summed E-state index contributed by atoms with van der Waals surface area (Å²) in [6.45, 7) is 2.03. The number of unbranched alkanes of at least 4 members (excludes halogenated alkanes) is 3. The Morgan fingerprint density at radius 2 is 1.96 bits per heavy atom. The Labute approximate surface area is 154 Å². The van der Waals surface area contributed by atoms with E-state index in [9.17, 15) is 23.9 Å². The molecule has 6 heteroatoms. The molecule has 1 aliphatic rings. The van der Waals surface area contributed by atoms with E-state index in [1.54, 1.807) is 12.2 Å². The molecule has 0 bridgehead atoms. The van der Waals surface area contributed by atoms with Crippen LogP contribution in [0.15, 0.2) is 12.2 Å². The number of hydrogen-bond acceptors (Lipinski definition) is 4. The maximum Gasteiger partial charge on any atom is 0.303 e. The second-order valence-electron chi connectivity index (χ2n) is 7.13. The fourth-order valence-corrected chi connectivity index (χ4v) is 3.52. The van der Waals surface area contributed by atoms with E-state index < -0.39 is 30.1 Å². The highest BCUT2D eigenvalue weighted by atomic mass is 19.1. The number of carbonyl (C=O) groups excluding carboxylic acids is 2. The van der Waals surface area contributed by atoms with Gasteiger partial charge in [0.15, 0.2) is 0 Å². The Balaban J connectivity index is 2.52. The van der Waals surface area contributed by atoms with Crippen LogP contribution in [-0.2, 0) is 14.4 Å². The molecule has 148 valence electrons. The van der Waals surface area contributed by atoms with Crippen molar-refractivity contribution < 1.29 is 29.0 Å². The van der Waals surface area contributed by atoms with Gasteiger partial charge in [0, 0.05) is 37.5 Å². The zero-order chi connectivity index (χ0) is 19.5. The first-order valence-electron chi connectivity index (χ1n) is 9.60. The van der Waals surface area contributed by atoms with Crippen LogP contribution in [-0.4, -0.2) is 40.0 Å². The summed E-state index contributed by atoms with van der Waals surface area (Å²) < 4.78 is 14.6. The Morgan fingerprint density at radius 3 is 2.62 bits per heavy atom. The first kappa shape index (κ1) is 22.5. The summed E-state index contributed by atoms with van der Waals surface area (Å²) in [7, 11) is 0. The third-order valence-electron chi connectivity index (χ3n) is 4.95. The molecule has 1 saturated carbocycles. The van der Waals surface area contributed by atoms with Crippen LogP contribution in [0.4, 0.5) is 4.39 Å². The van der Waals surface area contributed by atoms with Crippen LogP contribution in [0.5, 0.6) is 0 Å². The number of ketones is 2. The van der Waals surface area contributed by atoms with Crippen molar-refractivity contribution in [3.05, 3.63) is 12.2 Å². The van der Waals surface area contributed by atoms with Gasteiger partial charge in [-0.05, 0) is 25.7 Å². The second kappa shape index (κ2) is 11.9. The van der Waals surface area contributed by atoms with Gasteiger partial charge in [0.05, 0.1) is 6.10 Å². The van der Waals surface area contributed by atoms with Crippen LogP contribution >= 0.6 is 0 Å². The first-order chi connectivity index (χ1) is 12.4. The number of hydrogen-bond donors (Lipinski definition) is 2. The topological polar surface area (TPSA) is 91.7 Å². The standard InChI is InChI=1S/C20H31FO5/c1-2-3-6-9-14(22)12-16(21)20-15(17(23)13-18(20)24)10-7-4-5-8-11-19(25)26/h4,7,15-16,18,20,24H,2-3,5-6,8-13H2,1H3,(H,25,26)/b7-4-. The highest BCUT2D eigenvalue weighted by Crippen LogP contribution is 2.37. The SMILES string of the molecule is CCCCCC(=O)CC(F)C1C(O)CC(=O)C1C/C=C\CCCC(=O)O. The van der Waals surface area contributed by atoms with Gasteiger partial charge in [-0.2, -0.15) is 0 Å². The smallest absolute Gasteiger partial charge is 0.303 e. The lowest BCUT2D eigenvalue weighted by Crippen LogP contribution is -2.31. The summed E-state index contributed by atoms with van der Waals surface area (Å²) >= 11 is 0. The maximum atomic E-state index is 14.6. The van der Waals surface area contributed by atoms with Gasteiger partial charge in [-0.25, -0.2) is 4.39 Å². The average Bonchev–Trinajstić information content (AvgIpc) is 2.84. The molecule has 0 aromatic rings. The lowest BCUT2D eigenvalue weighted by Gasteiger charge is -2.23. The van der Waals surface area contributed by atoms with Crippen LogP contribution in [0.25, 0.3) is 0 Å². The lowest BCUT2D eigenvalue weighted by atomic mass is 9.85. The minimum atomic E-state index is -1.50. The molecule has 0 heterocycles. The highest BCUT2D eigenvalue weighted by Gasteiger charge is 2.45. The Morgan fingerprint density at radius 1 is 1.23 bits per heavy atom. The summed E-state index contributed by atoms with van der Waals surface area (Å²) in [4.78, 5) is 34.4. The molecule has 0 amide bonds. The largest absolute Gasteiger partial charge is 0.481 e. The van der Waals surface area contributed by atoms with Crippen LogP contribution < -0.4 is 0 Å². The van der Waals surface area contributed by atoms with Gasteiger partial charge in [0.25, 0.3) is 0 Å². The zero-order valence-corrected chi connectivity index (χ0v) is 15.5. The van der Waals surface area contributed by atoms with Crippen LogP contribution in [0.1, 0.15) is 71.1 Å². The minimum Gasteiger partial charge on any atom is -0.481 e. The van der Waals surface area contributed by atoms with Crippen molar-refractivity contribution in [1.82, 2.24) is 0 Å². The molecule has 2 N–H and O–H groups in total. The maximum absolute atomic E-state index is 14.6. The molecular weight excluding hydrogens is 339 g/mol. The summed E-state index contributed by atoms with van der Waals surface area (Å²) in [6.07, 6.45) is 5.21. The molecule has 4 atom stereocenters. The Hall–Kier alpha value is -1.56. The quantitative estimate of drug-likeness (QED) is 0.381. The predicted octanol–water partition coefficient (Wildman–Crippen LogP) is 3.63. The van der Waals surface area contributed by atoms with Crippen molar-refractivity contribution >= 4 is 17.5 Å².